The third-order valence-electron chi connectivity index (χ3n) is 1.68. The topological polar surface area (TPSA) is 59.9 Å². The van der Waals surface area contributed by atoms with E-state index in [0.29, 0.717) is 0 Å². The molecule has 0 spiro atoms. The minimum atomic E-state index is -3.13. The van der Waals surface area contributed by atoms with Gasteiger partial charge in [0.05, 0.1) is 6.54 Å². The quantitative estimate of drug-likeness (QED) is 0.742. The van der Waals surface area contributed by atoms with E-state index in [-0.39, 0.29) is 12.6 Å². The molecule has 16 heavy (non-hydrogen) atoms. The maximum absolute atomic E-state index is 12.5. The first-order valence-corrected chi connectivity index (χ1v) is 4.37. The van der Waals surface area contributed by atoms with Crippen LogP contribution >= 0.6 is 0 Å². The zero-order valence-corrected chi connectivity index (χ0v) is 8.20. The number of ether oxygens (including phenoxy) is 1. The van der Waals surface area contributed by atoms with Gasteiger partial charge in [-0.2, -0.15) is 0 Å². The number of aromatic nitrogens is 3. The summed E-state index contributed by atoms with van der Waals surface area (Å²) in [4.78, 5) is 11.1. The average molecular weight is 237 g/mol. The summed E-state index contributed by atoms with van der Waals surface area (Å²) in [6.45, 7) is 2.62. The second-order valence-electron chi connectivity index (χ2n) is 2.87. The molecule has 1 N–H and O–H groups in total. The summed E-state index contributed by atoms with van der Waals surface area (Å²) in [5.41, 5.74) is -0.581. The van der Waals surface area contributed by atoms with E-state index in [1.165, 1.54) is 6.08 Å². The van der Waals surface area contributed by atoms with Crippen LogP contribution in [0.3, 0.4) is 0 Å². The number of nitrogens with one attached hydrogen (secondary N) is 1. The molecule has 1 unspecified atom stereocenters. The number of hydrogen-bond donors (Lipinski definition) is 1. The van der Waals surface area contributed by atoms with Crippen molar-refractivity contribution < 1.29 is 17.9 Å². The van der Waals surface area contributed by atoms with Crippen LogP contribution in [0.4, 0.5) is 13.2 Å². The third kappa shape index (κ3) is 2.88. The maximum atomic E-state index is 12.5. The SMILES string of the molecule is C=CCn1c(OCC(F)C(F)F)n[nH]c1=O. The molecule has 1 aromatic rings. The van der Waals surface area contributed by atoms with Crippen molar-refractivity contribution in [1.82, 2.24) is 14.8 Å². The van der Waals surface area contributed by atoms with Crippen LogP contribution in [0.1, 0.15) is 0 Å². The number of rotatable bonds is 6. The molecule has 0 aromatic carbocycles. The van der Waals surface area contributed by atoms with Crippen LogP contribution in [0.25, 0.3) is 0 Å². The van der Waals surface area contributed by atoms with E-state index in [4.69, 9.17) is 0 Å². The second-order valence-corrected chi connectivity index (χ2v) is 2.87. The molecule has 0 amide bonds. The fourth-order valence-electron chi connectivity index (χ4n) is 0.930. The first-order chi connectivity index (χ1) is 7.56. The third-order valence-corrected chi connectivity index (χ3v) is 1.68. The molecule has 0 radical (unpaired) electrons. The summed E-state index contributed by atoms with van der Waals surface area (Å²) in [5, 5.41) is 5.46. The van der Waals surface area contributed by atoms with Crippen molar-refractivity contribution in [2.75, 3.05) is 6.61 Å². The molecule has 0 saturated heterocycles. The number of H-pyrrole nitrogens is 1. The van der Waals surface area contributed by atoms with E-state index in [1.54, 1.807) is 0 Å². The lowest BCUT2D eigenvalue weighted by molar-refractivity contribution is 0.0202. The van der Waals surface area contributed by atoms with Gasteiger partial charge in [0.25, 0.3) is 6.43 Å². The lowest BCUT2D eigenvalue weighted by atomic mass is 10.4. The van der Waals surface area contributed by atoms with Crippen LogP contribution in [0.2, 0.25) is 0 Å². The molecule has 8 heteroatoms. The highest BCUT2D eigenvalue weighted by Gasteiger charge is 2.21. The molecule has 0 fully saturated rings. The summed E-state index contributed by atoms with van der Waals surface area (Å²) < 4.78 is 41.8. The predicted octanol–water partition coefficient (Wildman–Crippen LogP) is 0.739. The Morgan fingerprint density at radius 2 is 2.25 bits per heavy atom. The van der Waals surface area contributed by atoms with E-state index >= 15 is 0 Å². The Bertz CT molecular complexity index is 401. The lowest BCUT2D eigenvalue weighted by Gasteiger charge is -2.08. The van der Waals surface area contributed by atoms with Crippen molar-refractivity contribution in [3.8, 4) is 6.01 Å². The van der Waals surface area contributed by atoms with Gasteiger partial charge in [0.2, 0.25) is 0 Å². The standard InChI is InChI=1S/C8H10F3N3O2/c1-2-3-14-7(15)12-13-8(14)16-4-5(9)6(10)11/h2,5-6H,1,3-4H2,(H,12,15). The van der Waals surface area contributed by atoms with Gasteiger partial charge in [0, 0.05) is 0 Å². The maximum Gasteiger partial charge on any atom is 0.346 e. The molecule has 0 saturated carbocycles. The van der Waals surface area contributed by atoms with Gasteiger partial charge in [-0.25, -0.2) is 27.6 Å². The van der Waals surface area contributed by atoms with Crippen LogP contribution in [0, 0.1) is 0 Å². The molecule has 5 nitrogen and oxygen atoms in total. The zero-order chi connectivity index (χ0) is 12.1. The Hall–Kier alpha value is -1.73. The highest BCUT2D eigenvalue weighted by Crippen LogP contribution is 2.08. The van der Waals surface area contributed by atoms with Crippen LogP contribution in [-0.4, -0.2) is 34.0 Å². The van der Waals surface area contributed by atoms with Crippen molar-refractivity contribution in [3.05, 3.63) is 23.1 Å². The van der Waals surface area contributed by atoms with Crippen molar-refractivity contribution in [3.63, 3.8) is 0 Å². The number of halogens is 3. The summed E-state index contributed by atoms with van der Waals surface area (Å²) in [6, 6.07) is -0.242. The van der Waals surface area contributed by atoms with Gasteiger partial charge in [-0.15, -0.1) is 11.7 Å². The second kappa shape index (κ2) is 5.38. The van der Waals surface area contributed by atoms with Crippen molar-refractivity contribution >= 4 is 0 Å². The zero-order valence-electron chi connectivity index (χ0n) is 8.20. The van der Waals surface area contributed by atoms with Gasteiger partial charge in [0.15, 0.2) is 6.17 Å². The number of allylic oxidation sites excluding steroid dienone is 1. The van der Waals surface area contributed by atoms with E-state index in [2.05, 4.69) is 16.4 Å². The van der Waals surface area contributed by atoms with Crippen LogP contribution in [0.15, 0.2) is 17.4 Å². The Morgan fingerprint density at radius 3 is 2.81 bits per heavy atom. The summed E-state index contributed by atoms with van der Waals surface area (Å²) in [5.74, 6) is 0. The number of hydrogen-bond acceptors (Lipinski definition) is 3. The van der Waals surface area contributed by atoms with E-state index in [9.17, 15) is 18.0 Å². The van der Waals surface area contributed by atoms with Gasteiger partial charge >= 0.3 is 11.7 Å². The van der Waals surface area contributed by atoms with Crippen molar-refractivity contribution in [2.45, 2.75) is 19.1 Å². The van der Waals surface area contributed by atoms with Crippen LogP contribution in [-0.2, 0) is 6.54 Å². The predicted molar refractivity (Wildman–Crippen MR) is 49.4 cm³/mol. The van der Waals surface area contributed by atoms with Gasteiger partial charge in [0.1, 0.15) is 6.61 Å². The fourth-order valence-corrected chi connectivity index (χ4v) is 0.930. The Labute approximate surface area is 88.5 Å². The largest absolute Gasteiger partial charge is 0.460 e. The number of alkyl halides is 3. The average Bonchev–Trinajstić information content (AvgIpc) is 2.58. The van der Waals surface area contributed by atoms with Gasteiger partial charge < -0.3 is 4.74 Å². The Kier molecular flexibility index (Phi) is 4.15. The Morgan fingerprint density at radius 1 is 1.56 bits per heavy atom. The number of aromatic amines is 1. The van der Waals surface area contributed by atoms with Gasteiger partial charge in [-0.3, -0.25) is 0 Å². The van der Waals surface area contributed by atoms with Gasteiger partial charge in [-0.1, -0.05) is 6.08 Å². The molecule has 1 aromatic heterocycles. The van der Waals surface area contributed by atoms with E-state index in [0.717, 1.165) is 4.57 Å². The smallest absolute Gasteiger partial charge is 0.346 e. The first kappa shape index (κ1) is 12.3. The molecule has 90 valence electrons. The van der Waals surface area contributed by atoms with E-state index in [1.807, 2.05) is 5.10 Å². The van der Waals surface area contributed by atoms with Crippen molar-refractivity contribution in [1.29, 1.82) is 0 Å². The molecule has 0 aliphatic heterocycles. The highest BCUT2D eigenvalue weighted by molar-refractivity contribution is 4.94. The minimum Gasteiger partial charge on any atom is -0.460 e. The monoisotopic (exact) mass is 237 g/mol. The summed E-state index contributed by atoms with van der Waals surface area (Å²) >= 11 is 0. The van der Waals surface area contributed by atoms with Crippen LogP contribution < -0.4 is 10.4 Å². The molecule has 1 heterocycles. The normalized spacial score (nSPS) is 12.8. The summed E-state index contributed by atoms with van der Waals surface area (Å²) in [6.07, 6.45) is -4.15. The molecule has 1 atom stereocenters. The van der Waals surface area contributed by atoms with Crippen molar-refractivity contribution in [2.24, 2.45) is 0 Å². The molecule has 0 aliphatic rings. The lowest BCUT2D eigenvalue weighted by Crippen LogP contribution is -2.23. The molecular weight excluding hydrogens is 227 g/mol. The number of nitrogens with zero attached hydrogens (tertiary/aromatic N) is 2. The molecule has 1 rings (SSSR count). The molecular formula is C8H10F3N3O2. The molecule has 0 bridgehead atoms. The van der Waals surface area contributed by atoms with Crippen LogP contribution in [0.5, 0.6) is 6.01 Å². The first-order valence-electron chi connectivity index (χ1n) is 4.37. The highest BCUT2D eigenvalue weighted by atomic mass is 19.3. The van der Waals surface area contributed by atoms with Gasteiger partial charge in [-0.05, 0) is 0 Å². The summed E-state index contributed by atoms with van der Waals surface area (Å²) in [7, 11) is 0. The minimum absolute atomic E-state index is 0.0935. The fraction of sp³-hybridized carbons (Fsp3) is 0.500. The Balaban J connectivity index is 2.67. The van der Waals surface area contributed by atoms with E-state index < -0.39 is 24.9 Å². The molecule has 0 aliphatic carbocycles.